The molecule has 0 aliphatic carbocycles. The van der Waals surface area contributed by atoms with Crippen LogP contribution in [0.3, 0.4) is 0 Å². The van der Waals surface area contributed by atoms with E-state index in [4.69, 9.17) is 9.98 Å². The van der Waals surface area contributed by atoms with Crippen molar-refractivity contribution in [2.24, 2.45) is 4.99 Å². The molecule has 3 nitrogen and oxygen atoms in total. The van der Waals surface area contributed by atoms with Crippen molar-refractivity contribution in [1.29, 1.82) is 0 Å². The fraction of sp³-hybridized carbons (Fsp3) is 0.0270. The van der Waals surface area contributed by atoms with Crippen LogP contribution in [-0.2, 0) is 0 Å². The summed E-state index contributed by atoms with van der Waals surface area (Å²) in [7, 11) is 0. The third kappa shape index (κ3) is 2.95. The molecule has 0 saturated heterocycles. The van der Waals surface area contributed by atoms with Crippen LogP contribution < -0.4 is 10.7 Å². The first-order valence-electron chi connectivity index (χ1n) is 13.7. The maximum atomic E-state index is 4.94. The zero-order valence-electron chi connectivity index (χ0n) is 21.7. The van der Waals surface area contributed by atoms with Gasteiger partial charge in [-0.05, 0) is 67.0 Å². The van der Waals surface area contributed by atoms with Crippen LogP contribution in [0.4, 0.5) is 0 Å². The molecule has 0 saturated carbocycles. The number of aromatic nitrogens is 2. The normalized spacial score (nSPS) is 12.8. The lowest BCUT2D eigenvalue weighted by molar-refractivity contribution is 0.980. The van der Waals surface area contributed by atoms with Crippen LogP contribution in [-0.4, -0.2) is 16.1 Å². The van der Waals surface area contributed by atoms with E-state index in [2.05, 4.69) is 126 Å². The highest BCUT2D eigenvalue weighted by Gasteiger charge is 2.17. The summed E-state index contributed by atoms with van der Waals surface area (Å²) in [6.07, 6.45) is 4.21. The van der Waals surface area contributed by atoms with Crippen molar-refractivity contribution in [1.82, 2.24) is 9.55 Å². The van der Waals surface area contributed by atoms with E-state index in [-0.39, 0.29) is 0 Å². The van der Waals surface area contributed by atoms with Gasteiger partial charge in [-0.3, -0.25) is 9.56 Å². The fourth-order valence-corrected chi connectivity index (χ4v) is 6.65. The van der Waals surface area contributed by atoms with Gasteiger partial charge in [0.1, 0.15) is 11.1 Å². The van der Waals surface area contributed by atoms with Crippen LogP contribution in [0.1, 0.15) is 0 Å². The SMILES string of the molecule is C1=c2c(n(-c3cccc(-c4ccc5c6ccccc6c6ccccc6c5c4)c3)c3ncc4ccccc4c23)=NC1. The Morgan fingerprint density at radius 2 is 1.20 bits per heavy atom. The van der Waals surface area contributed by atoms with Gasteiger partial charge in [-0.15, -0.1) is 0 Å². The second-order valence-electron chi connectivity index (χ2n) is 10.6. The van der Waals surface area contributed by atoms with Crippen molar-refractivity contribution in [3.8, 4) is 16.8 Å². The molecule has 2 aromatic heterocycles. The van der Waals surface area contributed by atoms with Crippen molar-refractivity contribution >= 4 is 60.2 Å². The molecule has 1 aliphatic rings. The van der Waals surface area contributed by atoms with Gasteiger partial charge in [0.2, 0.25) is 0 Å². The quantitative estimate of drug-likeness (QED) is 0.219. The molecule has 0 atom stereocenters. The van der Waals surface area contributed by atoms with Gasteiger partial charge in [0.05, 0.1) is 6.54 Å². The largest absolute Gasteiger partial charge is 0.278 e. The number of rotatable bonds is 2. The average Bonchev–Trinajstić information content (AvgIpc) is 3.62. The average molecular weight is 510 g/mol. The van der Waals surface area contributed by atoms with E-state index >= 15 is 0 Å². The lowest BCUT2D eigenvalue weighted by Gasteiger charge is -2.13. The summed E-state index contributed by atoms with van der Waals surface area (Å²) in [6.45, 7) is 0.704. The highest BCUT2D eigenvalue weighted by atomic mass is 15.1. The first-order chi connectivity index (χ1) is 19.8. The van der Waals surface area contributed by atoms with Crippen LogP contribution >= 0.6 is 0 Å². The molecule has 3 heterocycles. The Morgan fingerprint density at radius 3 is 1.98 bits per heavy atom. The van der Waals surface area contributed by atoms with Gasteiger partial charge in [-0.1, -0.05) is 103 Å². The second-order valence-corrected chi connectivity index (χ2v) is 10.6. The van der Waals surface area contributed by atoms with Crippen LogP contribution in [0.15, 0.2) is 126 Å². The summed E-state index contributed by atoms with van der Waals surface area (Å²) < 4.78 is 2.23. The van der Waals surface area contributed by atoms with Gasteiger partial charge in [0.15, 0.2) is 0 Å². The molecule has 0 fully saturated rings. The predicted molar refractivity (Wildman–Crippen MR) is 167 cm³/mol. The third-order valence-corrected chi connectivity index (χ3v) is 8.43. The summed E-state index contributed by atoms with van der Waals surface area (Å²) in [4.78, 5) is 9.83. The fourth-order valence-electron chi connectivity index (χ4n) is 6.65. The van der Waals surface area contributed by atoms with E-state index in [1.54, 1.807) is 0 Å². The molecule has 3 heteroatoms. The first kappa shape index (κ1) is 21.6. The zero-order valence-corrected chi connectivity index (χ0v) is 21.7. The van der Waals surface area contributed by atoms with Gasteiger partial charge in [-0.2, -0.15) is 0 Å². The monoisotopic (exact) mass is 509 g/mol. The summed E-state index contributed by atoms with van der Waals surface area (Å²) in [5.41, 5.74) is 5.40. The van der Waals surface area contributed by atoms with Gasteiger partial charge < -0.3 is 0 Å². The summed E-state index contributed by atoms with van der Waals surface area (Å²) >= 11 is 0. The second kappa shape index (κ2) is 8.11. The van der Waals surface area contributed by atoms with Crippen molar-refractivity contribution in [3.63, 3.8) is 0 Å². The molecule has 0 spiro atoms. The maximum absolute atomic E-state index is 4.94. The molecule has 186 valence electrons. The number of fused-ring (bicyclic) bond motifs is 11. The molecule has 8 aromatic rings. The van der Waals surface area contributed by atoms with Crippen LogP contribution in [0.2, 0.25) is 0 Å². The number of hydrogen-bond donors (Lipinski definition) is 0. The van der Waals surface area contributed by atoms with Crippen molar-refractivity contribution in [3.05, 3.63) is 132 Å². The Labute approximate surface area is 230 Å². The molecule has 40 heavy (non-hydrogen) atoms. The molecule has 9 rings (SSSR count). The van der Waals surface area contributed by atoms with Crippen molar-refractivity contribution in [2.75, 3.05) is 6.54 Å². The van der Waals surface area contributed by atoms with E-state index in [9.17, 15) is 0 Å². The molecule has 0 unspecified atom stereocenters. The zero-order chi connectivity index (χ0) is 26.2. The highest BCUT2D eigenvalue weighted by molar-refractivity contribution is 6.25. The molecule has 1 aliphatic heterocycles. The van der Waals surface area contributed by atoms with Gasteiger partial charge in [0, 0.05) is 27.9 Å². The smallest absolute Gasteiger partial charge is 0.147 e. The molecule has 0 bridgehead atoms. The molecule has 0 amide bonds. The lowest BCUT2D eigenvalue weighted by Crippen LogP contribution is -2.25. The van der Waals surface area contributed by atoms with E-state index in [1.165, 1.54) is 59.4 Å². The maximum Gasteiger partial charge on any atom is 0.147 e. The Hall–Kier alpha value is -5.28. The minimum atomic E-state index is 0.704. The predicted octanol–water partition coefficient (Wildman–Crippen LogP) is 7.72. The number of hydrogen-bond acceptors (Lipinski definition) is 2. The van der Waals surface area contributed by atoms with Gasteiger partial charge in [-0.25, -0.2) is 4.98 Å². The van der Waals surface area contributed by atoms with Crippen molar-refractivity contribution < 1.29 is 0 Å². The summed E-state index contributed by atoms with van der Waals surface area (Å²) in [5, 5.41) is 12.5. The number of nitrogens with zero attached hydrogens (tertiary/aromatic N) is 3. The summed E-state index contributed by atoms with van der Waals surface area (Å²) in [5.74, 6) is 0. The van der Waals surface area contributed by atoms with E-state index in [1.807, 2.05) is 6.20 Å². The molecular formula is C37H23N3. The van der Waals surface area contributed by atoms with Crippen LogP contribution in [0.5, 0.6) is 0 Å². The first-order valence-corrected chi connectivity index (χ1v) is 13.7. The minimum Gasteiger partial charge on any atom is -0.278 e. The van der Waals surface area contributed by atoms with Crippen LogP contribution in [0, 0.1) is 0 Å². The molecule has 0 radical (unpaired) electrons. The number of benzene rings is 6. The standard InChI is InChI=1S/C37H23N3/c1-2-11-27-25(8-1)22-39-37-35(27)33-18-19-38-36(33)40(37)26-10-7-9-23(20-26)24-16-17-32-30-14-4-3-12-28(30)29-13-5-6-15-31(29)34(32)21-24/h1-18,20-22H,19H2. The summed E-state index contributed by atoms with van der Waals surface area (Å²) in [6, 6.07) is 41.6. The van der Waals surface area contributed by atoms with Crippen LogP contribution in [0.25, 0.3) is 77.0 Å². The highest BCUT2D eigenvalue weighted by Crippen LogP contribution is 2.37. The Bertz CT molecular complexity index is 2430. The van der Waals surface area contributed by atoms with E-state index < -0.39 is 0 Å². The Balaban J connectivity index is 1.29. The minimum absolute atomic E-state index is 0.704. The Kier molecular flexibility index (Phi) is 4.39. The molecule has 6 aromatic carbocycles. The molecule has 0 N–H and O–H groups in total. The molecular weight excluding hydrogens is 486 g/mol. The third-order valence-electron chi connectivity index (χ3n) is 8.43. The van der Waals surface area contributed by atoms with Gasteiger partial charge in [0.25, 0.3) is 0 Å². The number of pyridine rings is 1. The van der Waals surface area contributed by atoms with Gasteiger partial charge >= 0.3 is 0 Å². The van der Waals surface area contributed by atoms with Crippen molar-refractivity contribution in [2.45, 2.75) is 0 Å². The lowest BCUT2D eigenvalue weighted by atomic mass is 9.92. The topological polar surface area (TPSA) is 30.2 Å². The Morgan fingerprint density at radius 1 is 0.550 bits per heavy atom. The van der Waals surface area contributed by atoms with E-state index in [0.717, 1.165) is 22.2 Å². The van der Waals surface area contributed by atoms with E-state index in [0.29, 0.717) is 6.54 Å².